The molecule has 10 heteroatoms. The maximum absolute atomic E-state index is 13.1. The fourth-order valence-corrected chi connectivity index (χ4v) is 6.18. The number of carbonyl (C=O) groups excluding carboxylic acids is 1. The summed E-state index contributed by atoms with van der Waals surface area (Å²) in [6.07, 6.45) is 3.41. The normalized spacial score (nSPS) is 17.0. The van der Waals surface area contributed by atoms with Gasteiger partial charge in [-0.05, 0) is 62.4 Å². The lowest BCUT2D eigenvalue weighted by Gasteiger charge is -2.20. The molecule has 2 aromatic carbocycles. The molecule has 0 aromatic heterocycles. The quantitative estimate of drug-likeness (QED) is 0.655. The van der Waals surface area contributed by atoms with Crippen LogP contribution in [-0.4, -0.2) is 46.8 Å². The van der Waals surface area contributed by atoms with Crippen LogP contribution in [0.2, 0.25) is 0 Å². The van der Waals surface area contributed by atoms with Crippen molar-refractivity contribution in [1.29, 1.82) is 0 Å². The van der Waals surface area contributed by atoms with Crippen LogP contribution >= 0.6 is 0 Å². The van der Waals surface area contributed by atoms with Crippen LogP contribution in [0.25, 0.3) is 0 Å². The van der Waals surface area contributed by atoms with Crippen LogP contribution in [0.5, 0.6) is 0 Å². The second-order valence-electron chi connectivity index (χ2n) is 7.97. The lowest BCUT2D eigenvalue weighted by Crippen LogP contribution is -2.29. The van der Waals surface area contributed by atoms with Gasteiger partial charge in [0, 0.05) is 19.1 Å². The molecule has 0 atom stereocenters. The lowest BCUT2D eigenvalue weighted by molar-refractivity contribution is 0.0794. The third-order valence-electron chi connectivity index (χ3n) is 5.46. The molecule has 0 bridgehead atoms. The van der Waals surface area contributed by atoms with Gasteiger partial charge in [0.2, 0.25) is 10.0 Å². The Balaban J connectivity index is 1.65. The van der Waals surface area contributed by atoms with Crippen LogP contribution < -0.4 is 9.44 Å². The molecule has 166 valence electrons. The first-order valence-corrected chi connectivity index (χ1v) is 13.2. The highest BCUT2D eigenvalue weighted by Gasteiger charge is 2.29. The average Bonchev–Trinajstić information content (AvgIpc) is 3.36. The van der Waals surface area contributed by atoms with Crippen molar-refractivity contribution in [3.8, 4) is 0 Å². The zero-order chi connectivity index (χ0) is 22.2. The molecule has 2 aliphatic rings. The molecule has 0 unspecified atom stereocenters. The average molecular weight is 464 g/mol. The first kappa shape index (κ1) is 21.8. The van der Waals surface area contributed by atoms with E-state index in [0.717, 1.165) is 31.7 Å². The number of anilines is 1. The molecule has 4 rings (SSSR count). The van der Waals surface area contributed by atoms with E-state index in [2.05, 4.69) is 9.44 Å². The Labute approximate surface area is 182 Å². The number of nitrogens with one attached hydrogen (secondary N) is 2. The SMILES string of the molecule is Cc1cccc(C(=O)N2CCCC2)c1NS(=O)(=O)c1cccc(S(=O)(=O)NC2CC2)c1. The number of hydrogen-bond donors (Lipinski definition) is 2. The molecule has 1 saturated heterocycles. The van der Waals surface area contributed by atoms with Gasteiger partial charge in [0.25, 0.3) is 15.9 Å². The summed E-state index contributed by atoms with van der Waals surface area (Å²) in [5, 5.41) is 0. The highest BCUT2D eigenvalue weighted by atomic mass is 32.2. The smallest absolute Gasteiger partial charge is 0.261 e. The number of carbonyl (C=O) groups is 1. The van der Waals surface area contributed by atoms with Gasteiger partial charge in [-0.3, -0.25) is 9.52 Å². The summed E-state index contributed by atoms with van der Waals surface area (Å²) in [7, 11) is -7.92. The number of amides is 1. The van der Waals surface area contributed by atoms with E-state index in [1.54, 1.807) is 30.0 Å². The zero-order valence-electron chi connectivity index (χ0n) is 17.2. The highest BCUT2D eigenvalue weighted by Crippen LogP contribution is 2.28. The van der Waals surface area contributed by atoms with Crippen molar-refractivity contribution in [1.82, 2.24) is 9.62 Å². The topological polar surface area (TPSA) is 113 Å². The number of para-hydroxylation sites is 1. The fourth-order valence-electron chi connectivity index (χ4n) is 3.56. The van der Waals surface area contributed by atoms with Crippen LogP contribution in [0.3, 0.4) is 0 Å². The van der Waals surface area contributed by atoms with Gasteiger partial charge in [-0.25, -0.2) is 21.6 Å². The molecule has 0 radical (unpaired) electrons. The number of likely N-dealkylation sites (tertiary alicyclic amines) is 1. The zero-order valence-corrected chi connectivity index (χ0v) is 18.8. The summed E-state index contributed by atoms with van der Waals surface area (Å²) in [6.45, 7) is 3.01. The monoisotopic (exact) mass is 463 g/mol. The van der Waals surface area contributed by atoms with E-state index >= 15 is 0 Å². The van der Waals surface area contributed by atoms with E-state index in [1.165, 1.54) is 18.2 Å². The summed E-state index contributed by atoms with van der Waals surface area (Å²) in [5.74, 6) is -0.219. The number of benzene rings is 2. The van der Waals surface area contributed by atoms with Crippen LogP contribution in [0, 0.1) is 6.92 Å². The molecule has 1 aliphatic heterocycles. The first-order chi connectivity index (χ1) is 14.7. The second-order valence-corrected chi connectivity index (χ2v) is 11.4. The predicted octanol–water partition coefficient (Wildman–Crippen LogP) is 2.47. The van der Waals surface area contributed by atoms with E-state index in [-0.39, 0.29) is 33.0 Å². The van der Waals surface area contributed by atoms with Crippen molar-refractivity contribution < 1.29 is 21.6 Å². The van der Waals surface area contributed by atoms with Gasteiger partial charge >= 0.3 is 0 Å². The maximum atomic E-state index is 13.1. The highest BCUT2D eigenvalue weighted by molar-refractivity contribution is 7.93. The molecule has 1 heterocycles. The van der Waals surface area contributed by atoms with Gasteiger partial charge in [0.1, 0.15) is 0 Å². The Kier molecular flexibility index (Phi) is 5.80. The van der Waals surface area contributed by atoms with E-state index in [1.807, 2.05) is 0 Å². The molecular weight excluding hydrogens is 438 g/mol. The van der Waals surface area contributed by atoms with Crippen molar-refractivity contribution in [3.63, 3.8) is 0 Å². The Hall–Kier alpha value is -2.43. The molecule has 8 nitrogen and oxygen atoms in total. The number of sulfonamides is 2. The van der Waals surface area contributed by atoms with Gasteiger partial charge in [0.15, 0.2) is 0 Å². The largest absolute Gasteiger partial charge is 0.339 e. The maximum Gasteiger partial charge on any atom is 0.261 e. The van der Waals surface area contributed by atoms with Crippen LogP contribution in [0.15, 0.2) is 52.3 Å². The fraction of sp³-hybridized carbons (Fsp3) is 0.381. The molecular formula is C21H25N3O5S2. The van der Waals surface area contributed by atoms with E-state index < -0.39 is 20.0 Å². The van der Waals surface area contributed by atoms with Gasteiger partial charge < -0.3 is 4.90 Å². The number of rotatable bonds is 7. The third-order valence-corrected chi connectivity index (χ3v) is 8.32. The van der Waals surface area contributed by atoms with Crippen molar-refractivity contribution in [2.45, 2.75) is 48.4 Å². The number of hydrogen-bond acceptors (Lipinski definition) is 5. The van der Waals surface area contributed by atoms with E-state index in [0.29, 0.717) is 18.7 Å². The van der Waals surface area contributed by atoms with Gasteiger partial charge in [-0.2, -0.15) is 0 Å². The first-order valence-electron chi connectivity index (χ1n) is 10.2. The van der Waals surface area contributed by atoms with Crippen molar-refractivity contribution in [2.75, 3.05) is 17.8 Å². The predicted molar refractivity (Wildman–Crippen MR) is 117 cm³/mol. The molecule has 2 aromatic rings. The molecule has 2 N–H and O–H groups in total. The molecule has 1 saturated carbocycles. The minimum Gasteiger partial charge on any atom is -0.339 e. The summed E-state index contributed by atoms with van der Waals surface area (Å²) < 4.78 is 56.3. The molecule has 0 spiro atoms. The summed E-state index contributed by atoms with van der Waals surface area (Å²) in [4.78, 5) is 14.4. The summed E-state index contributed by atoms with van der Waals surface area (Å²) >= 11 is 0. The van der Waals surface area contributed by atoms with Crippen molar-refractivity contribution >= 4 is 31.6 Å². The van der Waals surface area contributed by atoms with Crippen LogP contribution in [-0.2, 0) is 20.0 Å². The van der Waals surface area contributed by atoms with Crippen molar-refractivity contribution in [3.05, 3.63) is 53.6 Å². The second kappa shape index (κ2) is 8.25. The Morgan fingerprint density at radius 1 is 0.935 bits per heavy atom. The van der Waals surface area contributed by atoms with Gasteiger partial charge in [-0.1, -0.05) is 18.2 Å². The number of nitrogens with zero attached hydrogens (tertiary/aromatic N) is 1. The number of aryl methyl sites for hydroxylation is 1. The van der Waals surface area contributed by atoms with E-state index in [9.17, 15) is 21.6 Å². The third kappa shape index (κ3) is 4.76. The summed E-state index contributed by atoms with van der Waals surface area (Å²) in [6, 6.07) is 10.2. The van der Waals surface area contributed by atoms with E-state index in [4.69, 9.17) is 0 Å². The minimum absolute atomic E-state index is 0.0884. The molecule has 2 fully saturated rings. The van der Waals surface area contributed by atoms with Gasteiger partial charge in [0.05, 0.1) is 21.0 Å². The molecule has 31 heavy (non-hydrogen) atoms. The van der Waals surface area contributed by atoms with Gasteiger partial charge in [-0.15, -0.1) is 0 Å². The van der Waals surface area contributed by atoms with Crippen LogP contribution in [0.1, 0.15) is 41.6 Å². The lowest BCUT2D eigenvalue weighted by atomic mass is 10.1. The Morgan fingerprint density at radius 3 is 2.19 bits per heavy atom. The molecule has 1 amide bonds. The standard InChI is InChI=1S/C21H25N3O5S2/c1-15-6-4-9-19(21(25)24-12-2-3-13-24)20(15)23-31(28,29)18-8-5-7-17(14-18)30(26,27)22-16-10-11-16/h4-9,14,16,22-23H,2-3,10-13H2,1H3. The molecule has 1 aliphatic carbocycles. The summed E-state index contributed by atoms with van der Waals surface area (Å²) in [5.41, 5.74) is 1.10. The Bertz CT molecular complexity index is 1220. The van der Waals surface area contributed by atoms with Crippen molar-refractivity contribution in [2.24, 2.45) is 0 Å². The minimum atomic E-state index is -4.12. The Morgan fingerprint density at radius 2 is 1.55 bits per heavy atom. The van der Waals surface area contributed by atoms with Crippen LogP contribution in [0.4, 0.5) is 5.69 Å².